The molecule has 1 aromatic heterocycles. The van der Waals surface area contributed by atoms with Crippen LogP contribution in [-0.4, -0.2) is 221 Å². The van der Waals surface area contributed by atoms with E-state index in [9.17, 15) is 82.0 Å². The summed E-state index contributed by atoms with van der Waals surface area (Å²) in [5.41, 5.74) is 21.2. The first kappa shape index (κ1) is 102. The first-order valence-corrected chi connectivity index (χ1v) is 49.6. The number of hydroxylamine groups is 4. The van der Waals surface area contributed by atoms with Gasteiger partial charge >= 0.3 is 31.3 Å². The number of aryl methyl sites for hydroxylation is 6. The Kier molecular flexibility index (Phi) is 30.6. The maximum atomic E-state index is 14.2. The Balaban J connectivity index is 0.000000156. The first-order chi connectivity index (χ1) is 67.4. The average molecular weight is 1990 g/mol. The molecular formula is C105H123BF2FeN13O20. The average Bonchev–Trinajstić information content (AvgIpc) is 1.44. The van der Waals surface area contributed by atoms with Crippen LogP contribution in [0.5, 0.6) is 23.0 Å². The van der Waals surface area contributed by atoms with E-state index in [-0.39, 0.29) is 89.8 Å². The number of carbonyl (C=O) groups is 11. The molecule has 12 N–H and O–H groups in total. The monoisotopic (exact) mass is 1990 g/mol. The zero-order valence-electron chi connectivity index (χ0n) is 80.9. The summed E-state index contributed by atoms with van der Waals surface area (Å²) >= 11 is 0. The second-order valence-electron chi connectivity index (χ2n) is 38.9. The summed E-state index contributed by atoms with van der Waals surface area (Å²) in [5.74, 6) is -3.36. The quantitative estimate of drug-likeness (QED) is 0.00716. The van der Waals surface area contributed by atoms with Gasteiger partial charge in [0.2, 0.25) is 29.5 Å². The summed E-state index contributed by atoms with van der Waals surface area (Å²) in [7, 11) is -1.32. The molecule has 0 unspecified atom stereocenters. The minimum absolute atomic E-state index is 0. The van der Waals surface area contributed by atoms with E-state index in [0.717, 1.165) is 222 Å². The van der Waals surface area contributed by atoms with Gasteiger partial charge in [-0.2, -0.15) is 0 Å². The Hall–Kier alpha value is -13.0. The van der Waals surface area contributed by atoms with Gasteiger partial charge < -0.3 is 98.9 Å². The number of anilines is 4. The number of nitrogens with one attached hydrogen (secondary N) is 6. The van der Waals surface area contributed by atoms with Crippen LogP contribution < -0.4 is 55.7 Å². The number of benzene rings is 6. The number of amides is 7. The molecule has 0 saturated carbocycles. The Morgan fingerprint density at radius 3 is 1.25 bits per heavy atom. The third-order valence-electron chi connectivity index (χ3n) is 29.7. The molecule has 13 aliphatic rings. The van der Waals surface area contributed by atoms with Crippen LogP contribution in [0.4, 0.5) is 31.4 Å². The maximum absolute atomic E-state index is 14.2. The normalized spacial score (nSPS) is 17.7. The number of ether oxygens (including phenoxy) is 4. The summed E-state index contributed by atoms with van der Waals surface area (Å²) in [6, 6.07) is 17.7. The largest absolute Gasteiger partial charge is 0.609 e. The van der Waals surface area contributed by atoms with Crippen molar-refractivity contribution in [3.63, 3.8) is 0 Å². The van der Waals surface area contributed by atoms with Gasteiger partial charge in [0, 0.05) is 249 Å². The molecule has 0 saturated heterocycles. The maximum Gasteiger partial charge on any atom is 0.609 e. The van der Waals surface area contributed by atoms with Crippen LogP contribution in [-0.2, 0) is 123 Å². The van der Waals surface area contributed by atoms with Gasteiger partial charge in [0.1, 0.15) is 46.8 Å². The molecule has 6 aromatic carbocycles. The Labute approximate surface area is 832 Å². The van der Waals surface area contributed by atoms with Crippen LogP contribution in [0.1, 0.15) is 279 Å². The van der Waals surface area contributed by atoms with E-state index >= 15 is 0 Å². The second-order valence-corrected chi connectivity index (χ2v) is 38.9. The number of unbranched alkanes of at least 4 members (excludes halogenated alkanes) is 3. The van der Waals surface area contributed by atoms with Crippen molar-refractivity contribution in [1.29, 1.82) is 0 Å². The molecule has 37 heteroatoms. The number of hydrogen-bond acceptors (Lipinski definition) is 21. The molecule has 14 heterocycles. The summed E-state index contributed by atoms with van der Waals surface area (Å²) in [4.78, 5) is 151. The Bertz CT molecular complexity index is 6180. The van der Waals surface area contributed by atoms with E-state index in [0.29, 0.717) is 89.7 Å². The molecule has 753 valence electrons. The predicted octanol–water partition coefficient (Wildman–Crippen LogP) is 11.9. The van der Waals surface area contributed by atoms with E-state index in [2.05, 4.69) is 75.4 Å². The van der Waals surface area contributed by atoms with E-state index in [1.807, 2.05) is 26.0 Å². The number of carboxylic acid groups (broad SMARTS) is 2. The van der Waals surface area contributed by atoms with Gasteiger partial charge in [-0.1, -0.05) is 12.1 Å². The number of H-pyrrole nitrogens is 1. The van der Waals surface area contributed by atoms with E-state index in [1.165, 1.54) is 101 Å². The molecule has 13 aliphatic heterocycles. The van der Waals surface area contributed by atoms with Crippen molar-refractivity contribution in [1.82, 2.24) is 41.7 Å². The zero-order chi connectivity index (χ0) is 98.4. The zero-order valence-corrected chi connectivity index (χ0v) is 82.0. The molecular weight excluding hydrogens is 1870 g/mol. The fraction of sp³-hybridized carbons (Fsp3) is 0.467. The minimum Gasteiger partial charge on any atom is -0.480 e. The molecule has 2 spiro atoms. The van der Waals surface area contributed by atoms with Gasteiger partial charge in [0.15, 0.2) is 16.9 Å². The van der Waals surface area contributed by atoms with Crippen molar-refractivity contribution < 1.29 is 128 Å². The molecule has 0 bridgehead atoms. The van der Waals surface area contributed by atoms with Crippen molar-refractivity contribution in [3.05, 3.63) is 202 Å². The number of allylic oxidation sites excluding steroid dienone is 2. The number of hydrogen-bond donors (Lipinski definition) is 10. The number of aromatic nitrogens is 1. The van der Waals surface area contributed by atoms with Crippen molar-refractivity contribution in [2.45, 2.75) is 237 Å². The van der Waals surface area contributed by atoms with Gasteiger partial charge in [-0.15, -0.1) is 0 Å². The standard InChI is InChI=1S/C41H44N4O8.C41H44N4O7.C23H32BF2N5O4.Fe.H2O/c1-23(46)45(51)19-3-2-12-33(39(48)49)42-38(47)26-13-14-30-29(20-26)40(50)53-41(30)31-21-24-8-4-15-43-17-6-10-27(34(24)43)36(31)52-37-28-11-7-18-44-16-5-9-25(35(28)44)22-32(37)41;1-23(46)42-15-3-2-12-33(39(48)49)43-38(47)26-13-14-30-29(20-26)40(50)52-41(30)31-21-24-8-4-16-44-18-6-10-27(34(24)44)36(31)51-37-28-11-7-19-45-17-5-9-25(35(28)45)22-32(37)41;1-15-13-16(2)28-21(15)14-19-9-8-18(31(19)24(25)26)10-11-22(33)29-20(23(34)27-4)7-5-6-12-30(35)17(3)32;;/h13-14,20-22,33,51H,2-12,15-19H2,1H3,(H,42,47)(H,48,49);13-14,20-22,33H,2-12,15-19H2,1H3,(H,42,46)(H,43,47)(H,48,49);8-9,13-14,20,28,35H,5-7,10-12H2,1-4H3,(H-,27,29,33,34);;1H2/q;;-1;;/p+1/b;;19-14-;;/t2*33-;20-;;/m000../s1. The summed E-state index contributed by atoms with van der Waals surface area (Å²) in [6.45, 7) is 16.5. The summed E-state index contributed by atoms with van der Waals surface area (Å²) < 4.78 is 56.3. The SMILES string of the molecule is CC(=O)N(O)CCCC[C@H](NC(=O)c1ccc2c(c1)C(=O)OC21c2cc3c4c(c2Oc2c1cc1c5c2CCCN5CCC1)CCCN4CCC3)C(=O)O.CC(=O)NCCCC[C@H](NC(=O)c1ccc2c(c1)C(=O)OC21c2cc3c4c(c2Oc2c1cc1c5c2CCCN5CCC1)CCCN4CCC3)C(=O)O.CNC(=O)[C@H](CCCCN(O)C(C)=O)NC(=O)CCC1=[N+]([B-](F)F)/C(=C\c2[nH]c(C)cc2C)C=C1.O.[Fe]. The molecule has 7 amide bonds. The molecule has 142 heavy (non-hydrogen) atoms. The van der Waals surface area contributed by atoms with Gasteiger partial charge in [0.25, 0.3) is 11.8 Å². The Morgan fingerprint density at radius 1 is 0.514 bits per heavy atom. The van der Waals surface area contributed by atoms with Crippen molar-refractivity contribution in [2.24, 2.45) is 0 Å². The van der Waals surface area contributed by atoms with Gasteiger partial charge in [-0.05, 0) is 257 Å². The van der Waals surface area contributed by atoms with Gasteiger partial charge in [-0.3, -0.25) is 44.0 Å². The summed E-state index contributed by atoms with van der Waals surface area (Å²) in [6.07, 6.45) is 23.7. The van der Waals surface area contributed by atoms with Crippen molar-refractivity contribution in [3.8, 4) is 23.0 Å². The smallest absolute Gasteiger partial charge is 0.480 e. The van der Waals surface area contributed by atoms with Gasteiger partial charge in [0.05, 0.1) is 11.1 Å². The van der Waals surface area contributed by atoms with E-state index in [1.54, 1.807) is 42.5 Å². The number of fused-ring (bicyclic) bond motifs is 16. The van der Waals surface area contributed by atoms with Gasteiger partial charge in [-0.25, -0.2) is 29.3 Å². The topological polar surface area (TPSA) is 435 Å². The fourth-order valence-electron chi connectivity index (χ4n) is 23.3. The number of rotatable bonds is 28. The molecule has 0 aliphatic carbocycles. The third-order valence-corrected chi connectivity index (χ3v) is 29.7. The molecule has 1 radical (unpaired) electrons. The number of aromatic amines is 1. The summed E-state index contributed by atoms with van der Waals surface area (Å²) in [5, 5.41) is 53.1. The second kappa shape index (κ2) is 42.7. The molecule has 7 aromatic rings. The number of nitrogens with zero attached hydrogens (tertiary/aromatic N) is 7. The van der Waals surface area contributed by atoms with Crippen LogP contribution in [0, 0.1) is 13.8 Å². The number of carboxylic acids is 2. The number of esters is 2. The van der Waals surface area contributed by atoms with Crippen LogP contribution in [0.25, 0.3) is 6.08 Å². The first-order valence-electron chi connectivity index (χ1n) is 49.6. The third kappa shape index (κ3) is 19.6. The fourth-order valence-corrected chi connectivity index (χ4v) is 23.3. The van der Waals surface area contributed by atoms with Crippen LogP contribution in [0.3, 0.4) is 0 Å². The molecule has 33 nitrogen and oxygen atoms in total. The number of carbonyl (C=O) groups excluding carboxylic acids is 9. The number of aliphatic carboxylic acids is 2. The van der Waals surface area contributed by atoms with Crippen molar-refractivity contribution in [2.75, 3.05) is 98.6 Å². The van der Waals surface area contributed by atoms with Crippen LogP contribution in [0.15, 0.2) is 84.6 Å². The van der Waals surface area contributed by atoms with E-state index in [4.69, 9.17) is 18.9 Å². The molecule has 0 fully saturated rings. The predicted molar refractivity (Wildman–Crippen MR) is 521 cm³/mol. The number of halogens is 2. The van der Waals surface area contributed by atoms with E-state index < -0.39 is 90.1 Å². The van der Waals surface area contributed by atoms with Crippen molar-refractivity contribution >= 4 is 107 Å². The minimum atomic E-state index is -2.77. The molecule has 20 rings (SSSR count). The van der Waals surface area contributed by atoms with Crippen LogP contribution >= 0.6 is 0 Å². The number of likely N-dealkylation sites (N-methyl/N-ethyl adjacent to an activating group) is 1. The Morgan fingerprint density at radius 2 is 0.894 bits per heavy atom. The van der Waals surface area contributed by atoms with Crippen LogP contribution in [0.2, 0.25) is 0 Å². The molecule has 3 atom stereocenters.